The topological polar surface area (TPSA) is 55.8 Å². The highest BCUT2D eigenvalue weighted by Crippen LogP contribution is 2.40. The van der Waals surface area contributed by atoms with E-state index in [0.717, 1.165) is 22.3 Å². The molecule has 4 rings (SSSR count). The number of aliphatic hydroxyl groups excluding tert-OH is 1. The fourth-order valence-electron chi connectivity index (χ4n) is 3.53. The summed E-state index contributed by atoms with van der Waals surface area (Å²) in [6, 6.07) is 13.4. The Morgan fingerprint density at radius 1 is 0.963 bits per heavy atom. The standard InChI is InChI=1S/C22H23BO4/c1-21(2)22(3,4)27-23(26-21)15(13-24)11-14-9-10-17-16-7-5-6-8-18(16)20(25)19(17)12-14/h5-12,24H,13H2,1-4H3. The minimum atomic E-state index is -0.610. The first-order valence-corrected chi connectivity index (χ1v) is 9.18. The lowest BCUT2D eigenvalue weighted by atomic mass is 9.77. The summed E-state index contributed by atoms with van der Waals surface area (Å²) in [5.41, 5.74) is 3.89. The Morgan fingerprint density at radius 3 is 2.19 bits per heavy atom. The lowest BCUT2D eigenvalue weighted by Gasteiger charge is -2.32. The zero-order valence-electron chi connectivity index (χ0n) is 16.1. The summed E-state index contributed by atoms with van der Waals surface area (Å²) >= 11 is 0. The molecule has 2 aromatic carbocycles. The summed E-state index contributed by atoms with van der Waals surface area (Å²) in [6.45, 7) is 7.74. The summed E-state index contributed by atoms with van der Waals surface area (Å²) < 4.78 is 12.1. The maximum absolute atomic E-state index is 12.7. The van der Waals surface area contributed by atoms with Gasteiger partial charge in [-0.15, -0.1) is 0 Å². The Kier molecular flexibility index (Phi) is 4.15. The van der Waals surface area contributed by atoms with Gasteiger partial charge in [-0.1, -0.05) is 42.5 Å². The molecule has 27 heavy (non-hydrogen) atoms. The lowest BCUT2D eigenvalue weighted by molar-refractivity contribution is 0.00578. The van der Waals surface area contributed by atoms with E-state index < -0.39 is 18.3 Å². The maximum Gasteiger partial charge on any atom is 0.492 e. The van der Waals surface area contributed by atoms with Gasteiger partial charge in [0.15, 0.2) is 5.78 Å². The first kappa shape index (κ1) is 18.2. The van der Waals surface area contributed by atoms with Gasteiger partial charge in [-0.2, -0.15) is 0 Å². The third kappa shape index (κ3) is 2.87. The number of carbonyl (C=O) groups excluding carboxylic acids is 1. The van der Waals surface area contributed by atoms with Crippen LogP contribution >= 0.6 is 0 Å². The van der Waals surface area contributed by atoms with E-state index in [1.54, 1.807) is 0 Å². The monoisotopic (exact) mass is 362 g/mol. The molecule has 1 aliphatic carbocycles. The van der Waals surface area contributed by atoms with Crippen molar-refractivity contribution in [2.45, 2.75) is 38.9 Å². The molecule has 0 saturated carbocycles. The molecule has 2 aliphatic rings. The average Bonchev–Trinajstić information content (AvgIpc) is 3.03. The second-order valence-electron chi connectivity index (χ2n) is 8.15. The second-order valence-corrected chi connectivity index (χ2v) is 8.15. The molecular weight excluding hydrogens is 339 g/mol. The van der Waals surface area contributed by atoms with E-state index in [1.807, 2.05) is 76.2 Å². The number of benzene rings is 2. The summed E-state index contributed by atoms with van der Waals surface area (Å²) in [7, 11) is -0.610. The van der Waals surface area contributed by atoms with Crippen LogP contribution in [-0.2, 0) is 9.31 Å². The number of aliphatic hydroxyl groups is 1. The van der Waals surface area contributed by atoms with Crippen molar-refractivity contribution in [3.63, 3.8) is 0 Å². The Morgan fingerprint density at radius 2 is 1.56 bits per heavy atom. The molecule has 0 amide bonds. The molecule has 0 unspecified atom stereocenters. The number of fused-ring (bicyclic) bond motifs is 3. The molecule has 138 valence electrons. The van der Waals surface area contributed by atoms with Crippen LogP contribution in [0.25, 0.3) is 17.2 Å². The Balaban J connectivity index is 1.68. The van der Waals surface area contributed by atoms with Crippen molar-refractivity contribution in [3.8, 4) is 11.1 Å². The second kappa shape index (κ2) is 6.16. The zero-order chi connectivity index (χ0) is 19.4. The van der Waals surface area contributed by atoms with E-state index in [0.29, 0.717) is 11.0 Å². The fraction of sp³-hybridized carbons (Fsp3) is 0.318. The largest absolute Gasteiger partial charge is 0.492 e. The summed E-state index contributed by atoms with van der Waals surface area (Å²) in [5, 5.41) is 9.88. The SMILES string of the molecule is CC1(C)OB(C(=Cc2ccc3c(c2)C(=O)c2ccccc2-3)CO)OC1(C)C. The molecule has 0 radical (unpaired) electrons. The highest BCUT2D eigenvalue weighted by atomic mass is 16.7. The summed E-state index contributed by atoms with van der Waals surface area (Å²) in [6.07, 6.45) is 1.85. The molecule has 0 atom stereocenters. The van der Waals surface area contributed by atoms with E-state index in [-0.39, 0.29) is 12.4 Å². The molecule has 1 saturated heterocycles. The van der Waals surface area contributed by atoms with Crippen LogP contribution in [0.1, 0.15) is 49.2 Å². The van der Waals surface area contributed by atoms with E-state index in [2.05, 4.69) is 0 Å². The minimum Gasteiger partial charge on any atom is -0.400 e. The highest BCUT2D eigenvalue weighted by molar-refractivity contribution is 6.55. The van der Waals surface area contributed by atoms with Crippen molar-refractivity contribution < 1.29 is 19.2 Å². The number of rotatable bonds is 3. The van der Waals surface area contributed by atoms with Crippen molar-refractivity contribution in [1.29, 1.82) is 0 Å². The van der Waals surface area contributed by atoms with Gasteiger partial charge < -0.3 is 14.4 Å². The van der Waals surface area contributed by atoms with Gasteiger partial charge in [-0.05, 0) is 55.9 Å². The van der Waals surface area contributed by atoms with Crippen LogP contribution in [0, 0.1) is 0 Å². The van der Waals surface area contributed by atoms with Gasteiger partial charge in [0.2, 0.25) is 0 Å². The molecule has 5 heteroatoms. The molecule has 1 heterocycles. The van der Waals surface area contributed by atoms with Crippen molar-refractivity contribution >= 4 is 19.0 Å². The zero-order valence-corrected chi connectivity index (χ0v) is 16.1. The lowest BCUT2D eigenvalue weighted by Crippen LogP contribution is -2.41. The Labute approximate surface area is 160 Å². The summed E-state index contributed by atoms with van der Waals surface area (Å²) in [5.74, 6) is 0.0389. The third-order valence-electron chi connectivity index (χ3n) is 5.84. The molecule has 1 N–H and O–H groups in total. The van der Waals surface area contributed by atoms with E-state index in [9.17, 15) is 9.90 Å². The average molecular weight is 362 g/mol. The van der Waals surface area contributed by atoms with Crippen LogP contribution in [0.5, 0.6) is 0 Å². The fourth-order valence-corrected chi connectivity index (χ4v) is 3.53. The van der Waals surface area contributed by atoms with Crippen LogP contribution in [-0.4, -0.2) is 35.8 Å². The van der Waals surface area contributed by atoms with Crippen LogP contribution < -0.4 is 0 Å². The smallest absolute Gasteiger partial charge is 0.400 e. The normalized spacial score (nSPS) is 20.0. The van der Waals surface area contributed by atoms with Crippen LogP contribution in [0.3, 0.4) is 0 Å². The third-order valence-corrected chi connectivity index (χ3v) is 5.84. The van der Waals surface area contributed by atoms with E-state index in [1.165, 1.54) is 0 Å². The van der Waals surface area contributed by atoms with E-state index >= 15 is 0 Å². The Bertz CT molecular complexity index is 943. The van der Waals surface area contributed by atoms with Crippen molar-refractivity contribution in [2.75, 3.05) is 6.61 Å². The number of hydrogen-bond acceptors (Lipinski definition) is 4. The first-order chi connectivity index (χ1) is 12.7. The minimum absolute atomic E-state index is 0.0389. The molecule has 1 fully saturated rings. The quantitative estimate of drug-likeness (QED) is 0.718. The van der Waals surface area contributed by atoms with Crippen LogP contribution in [0.4, 0.5) is 0 Å². The first-order valence-electron chi connectivity index (χ1n) is 9.18. The van der Waals surface area contributed by atoms with Crippen LogP contribution in [0.2, 0.25) is 0 Å². The number of hydrogen-bond donors (Lipinski definition) is 1. The molecule has 0 spiro atoms. The predicted molar refractivity (Wildman–Crippen MR) is 106 cm³/mol. The van der Waals surface area contributed by atoms with Gasteiger partial charge in [-0.25, -0.2) is 0 Å². The summed E-state index contributed by atoms with van der Waals surface area (Å²) in [4.78, 5) is 12.7. The van der Waals surface area contributed by atoms with Gasteiger partial charge in [0.25, 0.3) is 0 Å². The molecule has 0 aromatic heterocycles. The van der Waals surface area contributed by atoms with Crippen LogP contribution in [0.15, 0.2) is 47.9 Å². The van der Waals surface area contributed by atoms with Crippen molar-refractivity contribution in [3.05, 3.63) is 64.6 Å². The van der Waals surface area contributed by atoms with Crippen molar-refractivity contribution in [1.82, 2.24) is 0 Å². The molecule has 1 aliphatic heterocycles. The number of carbonyl (C=O) groups is 1. The number of ketones is 1. The maximum atomic E-state index is 12.7. The molecule has 0 bridgehead atoms. The predicted octanol–water partition coefficient (Wildman–Crippen LogP) is 3.91. The highest BCUT2D eigenvalue weighted by Gasteiger charge is 2.52. The molecule has 2 aromatic rings. The van der Waals surface area contributed by atoms with Gasteiger partial charge in [0, 0.05) is 11.1 Å². The molecule has 4 nitrogen and oxygen atoms in total. The van der Waals surface area contributed by atoms with Gasteiger partial charge in [0.05, 0.1) is 17.8 Å². The van der Waals surface area contributed by atoms with Gasteiger partial charge >= 0.3 is 7.12 Å². The Hall–Kier alpha value is -2.21. The molecular formula is C22H23BO4. The van der Waals surface area contributed by atoms with Crippen molar-refractivity contribution in [2.24, 2.45) is 0 Å². The van der Waals surface area contributed by atoms with Gasteiger partial charge in [-0.3, -0.25) is 4.79 Å². The van der Waals surface area contributed by atoms with E-state index in [4.69, 9.17) is 9.31 Å². The van der Waals surface area contributed by atoms with Gasteiger partial charge in [0.1, 0.15) is 0 Å².